The van der Waals surface area contributed by atoms with Crippen molar-refractivity contribution < 1.29 is 5.11 Å². The van der Waals surface area contributed by atoms with Gasteiger partial charge < -0.3 is 5.11 Å². The Kier molecular flexibility index (Phi) is 4.85. The van der Waals surface area contributed by atoms with Gasteiger partial charge in [-0.2, -0.15) is 0 Å². The lowest BCUT2D eigenvalue weighted by Gasteiger charge is -2.16. The van der Waals surface area contributed by atoms with Crippen molar-refractivity contribution in [2.75, 3.05) is 0 Å². The topological polar surface area (TPSA) is 20.2 Å². The molecule has 0 radical (unpaired) electrons. The van der Waals surface area contributed by atoms with E-state index in [0.29, 0.717) is 12.8 Å². The predicted molar refractivity (Wildman–Crippen MR) is 85.5 cm³/mol. The molecule has 1 N–H and O–H groups in total. The molecule has 0 saturated heterocycles. The quantitative estimate of drug-likeness (QED) is 0.883. The van der Waals surface area contributed by atoms with E-state index in [4.69, 9.17) is 11.6 Å². The van der Waals surface area contributed by atoms with E-state index in [2.05, 4.69) is 32.9 Å². The molecule has 106 valence electrons. The van der Waals surface area contributed by atoms with Crippen molar-refractivity contribution in [2.45, 2.75) is 39.7 Å². The number of rotatable bonds is 4. The van der Waals surface area contributed by atoms with Crippen molar-refractivity contribution in [3.63, 3.8) is 0 Å². The zero-order chi connectivity index (χ0) is 14.7. The second kappa shape index (κ2) is 6.43. The van der Waals surface area contributed by atoms with Crippen LogP contribution in [0.4, 0.5) is 0 Å². The molecule has 0 fully saturated rings. The van der Waals surface area contributed by atoms with Gasteiger partial charge in [-0.3, -0.25) is 0 Å². The molecule has 0 aliphatic heterocycles. The lowest BCUT2D eigenvalue weighted by molar-refractivity contribution is 0.175. The molecule has 0 spiro atoms. The molecule has 0 heterocycles. The molecule has 1 atom stereocenters. The molecule has 0 amide bonds. The summed E-state index contributed by atoms with van der Waals surface area (Å²) in [6.45, 7) is 6.33. The van der Waals surface area contributed by atoms with Crippen molar-refractivity contribution >= 4 is 11.6 Å². The molecule has 2 heteroatoms. The highest BCUT2D eigenvalue weighted by Crippen LogP contribution is 2.20. The standard InChI is InChI=1S/C18H21ClO/c1-12-7-13(2)18(14(3)8-12)11-17(20)10-15-5-4-6-16(19)9-15/h4-9,17,20H,10-11H2,1-3H3. The number of aliphatic hydroxyl groups excluding tert-OH is 1. The van der Waals surface area contributed by atoms with E-state index < -0.39 is 0 Å². The predicted octanol–water partition coefficient (Wildman–Crippen LogP) is 4.41. The SMILES string of the molecule is Cc1cc(C)c(CC(O)Cc2cccc(Cl)c2)c(C)c1. The monoisotopic (exact) mass is 288 g/mol. The van der Waals surface area contributed by atoms with Crippen LogP contribution in [0.3, 0.4) is 0 Å². The van der Waals surface area contributed by atoms with Gasteiger partial charge in [0.25, 0.3) is 0 Å². The van der Waals surface area contributed by atoms with Crippen molar-refractivity contribution in [1.29, 1.82) is 0 Å². The van der Waals surface area contributed by atoms with Crippen molar-refractivity contribution in [1.82, 2.24) is 0 Å². The third kappa shape index (κ3) is 3.84. The lowest BCUT2D eigenvalue weighted by atomic mass is 9.93. The molecule has 2 rings (SSSR count). The summed E-state index contributed by atoms with van der Waals surface area (Å²) in [5, 5.41) is 11.0. The van der Waals surface area contributed by atoms with Gasteiger partial charge in [0, 0.05) is 5.02 Å². The van der Waals surface area contributed by atoms with Gasteiger partial charge in [0.1, 0.15) is 0 Å². The second-order valence-electron chi connectivity index (χ2n) is 5.57. The van der Waals surface area contributed by atoms with Crippen LogP contribution >= 0.6 is 11.6 Å². The molecule has 0 saturated carbocycles. The van der Waals surface area contributed by atoms with E-state index in [1.807, 2.05) is 24.3 Å². The van der Waals surface area contributed by atoms with E-state index in [1.165, 1.54) is 22.3 Å². The number of hydrogen-bond donors (Lipinski definition) is 1. The number of halogens is 1. The Morgan fingerprint density at radius 3 is 2.25 bits per heavy atom. The average Bonchev–Trinajstić information content (AvgIpc) is 2.33. The third-order valence-electron chi connectivity index (χ3n) is 3.64. The first-order valence-electron chi connectivity index (χ1n) is 6.95. The minimum absolute atomic E-state index is 0.381. The summed E-state index contributed by atoms with van der Waals surface area (Å²) in [4.78, 5) is 0. The highest BCUT2D eigenvalue weighted by Gasteiger charge is 2.11. The van der Waals surface area contributed by atoms with Crippen LogP contribution in [-0.2, 0) is 12.8 Å². The van der Waals surface area contributed by atoms with E-state index in [1.54, 1.807) is 0 Å². The smallest absolute Gasteiger partial charge is 0.0621 e. The minimum atomic E-state index is -0.381. The zero-order valence-corrected chi connectivity index (χ0v) is 13.0. The highest BCUT2D eigenvalue weighted by atomic mass is 35.5. The normalized spacial score (nSPS) is 12.4. The van der Waals surface area contributed by atoms with Gasteiger partial charge in [-0.05, 0) is 68.0 Å². The Balaban J connectivity index is 2.10. The Hall–Kier alpha value is -1.31. The molecular weight excluding hydrogens is 268 g/mol. The molecule has 0 bridgehead atoms. The molecule has 0 aromatic heterocycles. The highest BCUT2D eigenvalue weighted by molar-refractivity contribution is 6.30. The molecule has 0 aliphatic carbocycles. The first kappa shape index (κ1) is 15.1. The van der Waals surface area contributed by atoms with Crippen molar-refractivity contribution in [2.24, 2.45) is 0 Å². The van der Waals surface area contributed by atoms with Gasteiger partial charge in [0.05, 0.1) is 6.10 Å². The fraction of sp³-hybridized carbons (Fsp3) is 0.333. The fourth-order valence-corrected chi connectivity index (χ4v) is 2.99. The maximum absolute atomic E-state index is 10.3. The van der Waals surface area contributed by atoms with E-state index >= 15 is 0 Å². The number of aryl methyl sites for hydroxylation is 3. The number of benzene rings is 2. The van der Waals surface area contributed by atoms with Crippen molar-refractivity contribution in [3.8, 4) is 0 Å². The summed E-state index contributed by atoms with van der Waals surface area (Å²) in [7, 11) is 0. The average molecular weight is 289 g/mol. The molecule has 2 aromatic carbocycles. The molecule has 0 aliphatic rings. The summed E-state index contributed by atoms with van der Waals surface area (Å²) in [6, 6.07) is 12.0. The summed E-state index contributed by atoms with van der Waals surface area (Å²) in [5.74, 6) is 0. The van der Waals surface area contributed by atoms with E-state index in [9.17, 15) is 5.11 Å². The molecular formula is C18H21ClO. The molecule has 1 unspecified atom stereocenters. The molecule has 20 heavy (non-hydrogen) atoms. The molecule has 2 aromatic rings. The van der Waals surface area contributed by atoms with Crippen molar-refractivity contribution in [3.05, 3.63) is 69.2 Å². The van der Waals surface area contributed by atoms with Gasteiger partial charge in [0.2, 0.25) is 0 Å². The fourth-order valence-electron chi connectivity index (χ4n) is 2.78. The van der Waals surface area contributed by atoms with E-state index in [0.717, 1.165) is 10.6 Å². The van der Waals surface area contributed by atoms with Gasteiger partial charge >= 0.3 is 0 Å². The maximum Gasteiger partial charge on any atom is 0.0621 e. The molecule has 1 nitrogen and oxygen atoms in total. The Morgan fingerprint density at radius 2 is 1.65 bits per heavy atom. The van der Waals surface area contributed by atoms with Gasteiger partial charge in [0.15, 0.2) is 0 Å². The van der Waals surface area contributed by atoms with Crippen LogP contribution in [0, 0.1) is 20.8 Å². The van der Waals surface area contributed by atoms with Crippen LogP contribution in [0.1, 0.15) is 27.8 Å². The van der Waals surface area contributed by atoms with Crippen LogP contribution in [0.25, 0.3) is 0 Å². The largest absolute Gasteiger partial charge is 0.392 e. The summed E-state index contributed by atoms with van der Waals surface area (Å²) < 4.78 is 0. The zero-order valence-electron chi connectivity index (χ0n) is 12.3. The lowest BCUT2D eigenvalue weighted by Crippen LogP contribution is -2.15. The van der Waals surface area contributed by atoms with Crippen LogP contribution < -0.4 is 0 Å². The van der Waals surface area contributed by atoms with Crippen LogP contribution in [0.2, 0.25) is 5.02 Å². The number of aliphatic hydroxyl groups is 1. The summed E-state index contributed by atoms with van der Waals surface area (Å²) in [6.07, 6.45) is 0.936. The summed E-state index contributed by atoms with van der Waals surface area (Å²) in [5.41, 5.74) is 6.12. The van der Waals surface area contributed by atoms with Crippen LogP contribution in [-0.4, -0.2) is 11.2 Å². The van der Waals surface area contributed by atoms with E-state index in [-0.39, 0.29) is 6.10 Å². The van der Waals surface area contributed by atoms with Gasteiger partial charge in [-0.25, -0.2) is 0 Å². The Morgan fingerprint density at radius 1 is 1.00 bits per heavy atom. The Bertz CT molecular complexity index is 581. The van der Waals surface area contributed by atoms with Crippen LogP contribution in [0.5, 0.6) is 0 Å². The second-order valence-corrected chi connectivity index (χ2v) is 6.01. The van der Waals surface area contributed by atoms with Gasteiger partial charge in [-0.1, -0.05) is 41.4 Å². The first-order valence-corrected chi connectivity index (χ1v) is 7.32. The number of hydrogen-bond acceptors (Lipinski definition) is 1. The van der Waals surface area contributed by atoms with Crippen LogP contribution in [0.15, 0.2) is 36.4 Å². The van der Waals surface area contributed by atoms with Gasteiger partial charge in [-0.15, -0.1) is 0 Å². The first-order chi connectivity index (χ1) is 9.45. The maximum atomic E-state index is 10.3. The third-order valence-corrected chi connectivity index (χ3v) is 3.88. The summed E-state index contributed by atoms with van der Waals surface area (Å²) >= 11 is 5.97. The Labute approximate surface area is 126 Å². The minimum Gasteiger partial charge on any atom is -0.392 e.